The highest BCUT2D eigenvalue weighted by atomic mass is 19.4. The normalized spacial score (nSPS) is 22.6. The molecular formula is C25H24F6N6O3. The molecule has 9 nitrogen and oxygen atoms in total. The zero-order valence-electron chi connectivity index (χ0n) is 21.0. The third-order valence-electron chi connectivity index (χ3n) is 7.26. The van der Waals surface area contributed by atoms with Gasteiger partial charge in [0, 0.05) is 30.9 Å². The SMILES string of the molecule is COc1ccc(-c2cc(C(F)(F)F)c3c(N)ncnn23)cc1C(=O)N[C@@H]1CN(C(=O)C2CCC(F)(F)C2)C[C@@H]1F. The molecule has 1 aliphatic carbocycles. The number of nitrogens with zero attached hydrogens (tertiary/aromatic N) is 4. The summed E-state index contributed by atoms with van der Waals surface area (Å²) in [5.74, 6) is -5.58. The Morgan fingerprint density at radius 2 is 1.95 bits per heavy atom. The predicted octanol–water partition coefficient (Wildman–Crippen LogP) is 3.72. The number of carbonyl (C=O) groups is 2. The van der Waals surface area contributed by atoms with E-state index >= 15 is 0 Å². The number of rotatable bonds is 5. The smallest absolute Gasteiger partial charge is 0.418 e. The predicted molar refractivity (Wildman–Crippen MR) is 129 cm³/mol. The average molecular weight is 570 g/mol. The minimum Gasteiger partial charge on any atom is -0.496 e. The van der Waals surface area contributed by atoms with Gasteiger partial charge in [-0.3, -0.25) is 9.59 Å². The van der Waals surface area contributed by atoms with Crippen LogP contribution < -0.4 is 15.8 Å². The third kappa shape index (κ3) is 4.99. The molecule has 2 aliphatic rings. The fourth-order valence-electron chi connectivity index (χ4n) is 5.28. The Bertz CT molecular complexity index is 1480. The van der Waals surface area contributed by atoms with Crippen molar-refractivity contribution in [3.05, 3.63) is 41.7 Å². The number of amides is 2. The molecule has 1 unspecified atom stereocenters. The second kappa shape index (κ2) is 9.86. The van der Waals surface area contributed by atoms with Crippen LogP contribution >= 0.6 is 0 Å². The molecule has 214 valence electrons. The van der Waals surface area contributed by atoms with Crippen molar-refractivity contribution in [1.29, 1.82) is 0 Å². The highest BCUT2D eigenvalue weighted by Crippen LogP contribution is 2.41. The molecule has 40 heavy (non-hydrogen) atoms. The van der Waals surface area contributed by atoms with Gasteiger partial charge in [-0.2, -0.15) is 18.3 Å². The number of likely N-dealkylation sites (tertiary alicyclic amines) is 1. The van der Waals surface area contributed by atoms with E-state index in [1.54, 1.807) is 0 Å². The summed E-state index contributed by atoms with van der Waals surface area (Å²) in [7, 11) is 1.28. The summed E-state index contributed by atoms with van der Waals surface area (Å²) in [5, 5.41) is 6.39. The highest BCUT2D eigenvalue weighted by Gasteiger charge is 2.46. The number of carbonyl (C=O) groups excluding carboxylic acids is 2. The Morgan fingerprint density at radius 1 is 1.20 bits per heavy atom. The second-order valence-electron chi connectivity index (χ2n) is 9.90. The lowest BCUT2D eigenvalue weighted by molar-refractivity contribution is -0.136. The van der Waals surface area contributed by atoms with Crippen molar-refractivity contribution < 1.29 is 40.7 Å². The van der Waals surface area contributed by atoms with Crippen molar-refractivity contribution in [2.75, 3.05) is 25.9 Å². The van der Waals surface area contributed by atoms with E-state index < -0.39 is 71.8 Å². The van der Waals surface area contributed by atoms with E-state index in [0.29, 0.717) is 0 Å². The van der Waals surface area contributed by atoms with E-state index in [4.69, 9.17) is 10.5 Å². The molecule has 2 fully saturated rings. The number of fused-ring (bicyclic) bond motifs is 1. The van der Waals surface area contributed by atoms with Gasteiger partial charge < -0.3 is 20.7 Å². The number of hydrogen-bond donors (Lipinski definition) is 2. The number of hydrogen-bond acceptors (Lipinski definition) is 6. The second-order valence-corrected chi connectivity index (χ2v) is 9.90. The minimum absolute atomic E-state index is 0.00133. The van der Waals surface area contributed by atoms with Gasteiger partial charge in [-0.1, -0.05) is 0 Å². The van der Waals surface area contributed by atoms with Crippen LogP contribution in [0.15, 0.2) is 30.6 Å². The average Bonchev–Trinajstić information content (AvgIpc) is 3.58. The summed E-state index contributed by atoms with van der Waals surface area (Å²) in [6.45, 7) is -0.579. The first kappa shape index (κ1) is 27.5. The van der Waals surface area contributed by atoms with Crippen molar-refractivity contribution in [3.8, 4) is 17.0 Å². The number of methoxy groups -OCH3 is 1. The standard InChI is InChI=1S/C25H24F6N6O3/c1-40-19-3-2-12(18-7-15(25(29,30)31)20-21(32)33-11-34-37(18)20)6-14(19)22(38)35-17-10-36(9-16(17)26)23(39)13-4-5-24(27,28)8-13/h2-3,6-7,11,13,16-17H,4-5,8-10H2,1H3,(H,35,38)(H2,32,33,34)/t13?,16-,17+/m0/s1. The summed E-state index contributed by atoms with van der Waals surface area (Å²) < 4.78 is 89.4. The van der Waals surface area contributed by atoms with E-state index in [0.717, 1.165) is 21.8 Å². The molecule has 3 atom stereocenters. The summed E-state index contributed by atoms with van der Waals surface area (Å²) >= 11 is 0. The van der Waals surface area contributed by atoms with Gasteiger partial charge in [0.05, 0.1) is 36.5 Å². The zero-order valence-corrected chi connectivity index (χ0v) is 21.0. The van der Waals surface area contributed by atoms with Crippen LogP contribution in [0.2, 0.25) is 0 Å². The van der Waals surface area contributed by atoms with Gasteiger partial charge in [0.15, 0.2) is 5.82 Å². The number of nitrogens with one attached hydrogen (secondary N) is 1. The molecule has 0 radical (unpaired) electrons. The van der Waals surface area contributed by atoms with Gasteiger partial charge in [-0.05, 0) is 30.7 Å². The summed E-state index contributed by atoms with van der Waals surface area (Å²) in [4.78, 5) is 30.7. The molecule has 1 aliphatic heterocycles. The van der Waals surface area contributed by atoms with E-state index in [-0.39, 0.29) is 42.1 Å². The Kier molecular flexibility index (Phi) is 6.78. The van der Waals surface area contributed by atoms with Crippen molar-refractivity contribution in [2.45, 2.75) is 43.6 Å². The van der Waals surface area contributed by atoms with Gasteiger partial charge >= 0.3 is 6.18 Å². The molecule has 15 heteroatoms. The Hall–Kier alpha value is -4.04. The largest absolute Gasteiger partial charge is 0.496 e. The highest BCUT2D eigenvalue weighted by molar-refractivity contribution is 5.98. The van der Waals surface area contributed by atoms with Crippen LogP contribution in [0.1, 0.15) is 35.2 Å². The van der Waals surface area contributed by atoms with Crippen LogP contribution in [0, 0.1) is 5.92 Å². The first-order chi connectivity index (χ1) is 18.8. The first-order valence-electron chi connectivity index (χ1n) is 12.3. The molecule has 3 aromatic rings. The fraction of sp³-hybridized carbons (Fsp3) is 0.440. The lowest BCUT2D eigenvalue weighted by atomic mass is 10.1. The number of nitrogen functional groups attached to an aromatic ring is 1. The molecule has 5 rings (SSSR count). The molecule has 2 aromatic heterocycles. The molecule has 0 bridgehead atoms. The Labute approximate surface area is 223 Å². The molecule has 1 saturated carbocycles. The number of nitrogens with two attached hydrogens (primary N) is 1. The van der Waals surface area contributed by atoms with Crippen LogP contribution in [-0.2, 0) is 11.0 Å². The topological polar surface area (TPSA) is 115 Å². The maximum absolute atomic E-state index is 14.8. The molecule has 1 saturated heterocycles. The van der Waals surface area contributed by atoms with Crippen LogP contribution in [0.5, 0.6) is 5.75 Å². The number of alkyl halides is 6. The first-order valence-corrected chi connectivity index (χ1v) is 12.3. The van der Waals surface area contributed by atoms with Gasteiger partial charge in [0.25, 0.3) is 5.91 Å². The summed E-state index contributed by atoms with van der Waals surface area (Å²) in [6, 6.07) is 3.74. The monoisotopic (exact) mass is 570 g/mol. The van der Waals surface area contributed by atoms with Gasteiger partial charge in [-0.25, -0.2) is 22.7 Å². The number of aromatic nitrogens is 3. The van der Waals surface area contributed by atoms with Crippen molar-refractivity contribution in [3.63, 3.8) is 0 Å². The minimum atomic E-state index is -4.77. The molecular weight excluding hydrogens is 546 g/mol. The molecule has 1 aromatic carbocycles. The molecule has 3 heterocycles. The maximum Gasteiger partial charge on any atom is 0.418 e. The van der Waals surface area contributed by atoms with Gasteiger partial charge in [0.2, 0.25) is 11.8 Å². The van der Waals surface area contributed by atoms with Gasteiger partial charge in [-0.15, -0.1) is 0 Å². The number of anilines is 1. The van der Waals surface area contributed by atoms with Crippen molar-refractivity contribution in [1.82, 2.24) is 24.8 Å². The molecule has 3 N–H and O–H groups in total. The van der Waals surface area contributed by atoms with Crippen molar-refractivity contribution in [2.24, 2.45) is 5.92 Å². The van der Waals surface area contributed by atoms with Gasteiger partial charge in [0.1, 0.15) is 23.8 Å². The quantitative estimate of drug-likeness (QED) is 0.452. The number of ether oxygens (including phenoxy) is 1. The van der Waals surface area contributed by atoms with Crippen LogP contribution in [-0.4, -0.2) is 69.6 Å². The van der Waals surface area contributed by atoms with E-state index in [1.807, 2.05) is 0 Å². The fourth-order valence-corrected chi connectivity index (χ4v) is 5.28. The molecule has 0 spiro atoms. The Morgan fingerprint density at radius 3 is 2.60 bits per heavy atom. The van der Waals surface area contributed by atoms with Crippen LogP contribution in [0.3, 0.4) is 0 Å². The third-order valence-corrected chi connectivity index (χ3v) is 7.26. The maximum atomic E-state index is 14.8. The Balaban J connectivity index is 1.40. The lowest BCUT2D eigenvalue weighted by Gasteiger charge is -2.20. The summed E-state index contributed by atoms with van der Waals surface area (Å²) in [5.41, 5.74) is 4.17. The van der Waals surface area contributed by atoms with E-state index in [2.05, 4.69) is 15.4 Å². The van der Waals surface area contributed by atoms with Crippen LogP contribution in [0.4, 0.5) is 32.2 Å². The van der Waals surface area contributed by atoms with E-state index in [9.17, 15) is 35.9 Å². The van der Waals surface area contributed by atoms with E-state index in [1.165, 1.54) is 25.3 Å². The van der Waals surface area contributed by atoms with Crippen LogP contribution in [0.25, 0.3) is 16.8 Å². The number of benzene rings is 1. The molecule has 2 amide bonds. The lowest BCUT2D eigenvalue weighted by Crippen LogP contribution is -2.42. The summed E-state index contributed by atoms with van der Waals surface area (Å²) in [6.07, 6.45) is -6.45. The number of halogens is 6. The van der Waals surface area contributed by atoms with Crippen molar-refractivity contribution >= 4 is 23.1 Å². The zero-order chi connectivity index (χ0) is 29.0.